The lowest BCUT2D eigenvalue weighted by atomic mass is 10.0. The van der Waals surface area contributed by atoms with Gasteiger partial charge in [0.05, 0.1) is 0 Å². The van der Waals surface area contributed by atoms with Crippen LogP contribution in [0.15, 0.2) is 24.3 Å². The molecule has 4 heteroatoms. The van der Waals surface area contributed by atoms with Crippen molar-refractivity contribution in [2.24, 2.45) is 0 Å². The van der Waals surface area contributed by atoms with Crippen molar-refractivity contribution < 1.29 is 9.18 Å². The highest BCUT2D eigenvalue weighted by atomic mass is 19.1. The van der Waals surface area contributed by atoms with Gasteiger partial charge in [-0.25, -0.2) is 4.39 Å². The SMILES string of the molecule is CC(=O)N1CCC[C@H]1[C@@H]1CCCN1Cc1cccc(F)c1. The molecule has 2 atom stereocenters. The summed E-state index contributed by atoms with van der Waals surface area (Å²) < 4.78 is 13.3. The molecule has 2 aliphatic heterocycles. The summed E-state index contributed by atoms with van der Waals surface area (Å²) in [5.74, 6) is 0.0181. The average molecular weight is 290 g/mol. The molecular weight excluding hydrogens is 267 g/mol. The van der Waals surface area contributed by atoms with Crippen molar-refractivity contribution in [1.29, 1.82) is 0 Å². The lowest BCUT2D eigenvalue weighted by Crippen LogP contribution is -2.47. The summed E-state index contributed by atoms with van der Waals surface area (Å²) in [5, 5.41) is 0. The number of likely N-dealkylation sites (tertiary alicyclic amines) is 2. The van der Waals surface area contributed by atoms with Crippen LogP contribution in [0.3, 0.4) is 0 Å². The van der Waals surface area contributed by atoms with Gasteiger partial charge in [0.1, 0.15) is 5.82 Å². The molecule has 114 valence electrons. The van der Waals surface area contributed by atoms with Crippen molar-refractivity contribution in [2.75, 3.05) is 13.1 Å². The lowest BCUT2D eigenvalue weighted by Gasteiger charge is -2.34. The molecule has 2 heterocycles. The molecule has 0 bridgehead atoms. The standard InChI is InChI=1S/C17H23FN2O/c1-13(21)20-10-4-8-17(20)16-7-3-9-19(16)12-14-5-2-6-15(18)11-14/h2,5-6,11,16-17H,3-4,7-10,12H2,1H3/t16-,17-/m0/s1. The molecule has 0 aliphatic carbocycles. The number of carbonyl (C=O) groups is 1. The Balaban J connectivity index is 1.72. The Kier molecular flexibility index (Phi) is 4.24. The molecule has 1 amide bonds. The third-order valence-corrected chi connectivity index (χ3v) is 4.84. The van der Waals surface area contributed by atoms with Gasteiger partial charge in [0, 0.05) is 32.1 Å². The van der Waals surface area contributed by atoms with Gasteiger partial charge in [-0.2, -0.15) is 0 Å². The molecule has 0 radical (unpaired) electrons. The second-order valence-electron chi connectivity index (χ2n) is 6.23. The predicted octanol–water partition coefficient (Wildman–Crippen LogP) is 2.80. The number of benzene rings is 1. The number of hydrogen-bond acceptors (Lipinski definition) is 2. The van der Waals surface area contributed by atoms with Crippen LogP contribution in [0.2, 0.25) is 0 Å². The Morgan fingerprint density at radius 1 is 1.24 bits per heavy atom. The van der Waals surface area contributed by atoms with E-state index in [4.69, 9.17) is 0 Å². The van der Waals surface area contributed by atoms with Gasteiger partial charge >= 0.3 is 0 Å². The molecular formula is C17H23FN2O. The first kappa shape index (κ1) is 14.5. The summed E-state index contributed by atoms with van der Waals surface area (Å²) >= 11 is 0. The zero-order chi connectivity index (χ0) is 14.8. The fourth-order valence-electron chi connectivity index (χ4n) is 3.94. The van der Waals surface area contributed by atoms with Crippen LogP contribution in [0.1, 0.15) is 38.2 Å². The molecule has 2 aliphatic rings. The van der Waals surface area contributed by atoms with E-state index in [0.29, 0.717) is 12.1 Å². The van der Waals surface area contributed by atoms with Gasteiger partial charge in [0.15, 0.2) is 0 Å². The maximum absolute atomic E-state index is 13.3. The largest absolute Gasteiger partial charge is 0.338 e. The van der Waals surface area contributed by atoms with E-state index in [1.807, 2.05) is 11.0 Å². The third-order valence-electron chi connectivity index (χ3n) is 4.84. The van der Waals surface area contributed by atoms with Crippen LogP contribution in [0.25, 0.3) is 0 Å². The van der Waals surface area contributed by atoms with Gasteiger partial charge in [0.2, 0.25) is 5.91 Å². The maximum Gasteiger partial charge on any atom is 0.219 e. The van der Waals surface area contributed by atoms with Crippen LogP contribution in [-0.2, 0) is 11.3 Å². The summed E-state index contributed by atoms with van der Waals surface area (Å²) in [6, 6.07) is 7.63. The molecule has 0 spiro atoms. The number of amides is 1. The van der Waals surface area contributed by atoms with E-state index in [9.17, 15) is 9.18 Å². The van der Waals surface area contributed by atoms with Gasteiger partial charge in [-0.1, -0.05) is 12.1 Å². The average Bonchev–Trinajstić information content (AvgIpc) is 3.06. The molecule has 2 saturated heterocycles. The fourth-order valence-corrected chi connectivity index (χ4v) is 3.94. The smallest absolute Gasteiger partial charge is 0.219 e. The number of carbonyl (C=O) groups excluding carboxylic acids is 1. The van der Waals surface area contributed by atoms with Crippen molar-refractivity contribution in [3.8, 4) is 0 Å². The highest BCUT2D eigenvalue weighted by Crippen LogP contribution is 2.31. The number of rotatable bonds is 3. The zero-order valence-electron chi connectivity index (χ0n) is 12.6. The topological polar surface area (TPSA) is 23.6 Å². The van der Waals surface area contributed by atoms with Crippen LogP contribution in [0, 0.1) is 5.82 Å². The quantitative estimate of drug-likeness (QED) is 0.854. The Bertz CT molecular complexity index is 519. The van der Waals surface area contributed by atoms with E-state index in [-0.39, 0.29) is 11.7 Å². The monoisotopic (exact) mass is 290 g/mol. The molecule has 3 rings (SSSR count). The van der Waals surface area contributed by atoms with Gasteiger partial charge in [-0.15, -0.1) is 0 Å². The van der Waals surface area contributed by atoms with E-state index in [1.54, 1.807) is 19.1 Å². The Morgan fingerprint density at radius 2 is 2.00 bits per heavy atom. The van der Waals surface area contributed by atoms with Gasteiger partial charge < -0.3 is 4.90 Å². The summed E-state index contributed by atoms with van der Waals surface area (Å²) in [6.45, 7) is 4.39. The first-order chi connectivity index (χ1) is 10.1. The van der Waals surface area contributed by atoms with Crippen molar-refractivity contribution in [2.45, 2.75) is 51.2 Å². The van der Waals surface area contributed by atoms with E-state index in [2.05, 4.69) is 4.90 Å². The second kappa shape index (κ2) is 6.14. The van der Waals surface area contributed by atoms with Crippen LogP contribution in [0.5, 0.6) is 0 Å². The minimum atomic E-state index is -0.172. The number of nitrogens with zero attached hydrogens (tertiary/aromatic N) is 2. The Hall–Kier alpha value is -1.42. The minimum absolute atomic E-state index is 0.172. The van der Waals surface area contributed by atoms with Crippen LogP contribution in [0.4, 0.5) is 4.39 Å². The van der Waals surface area contributed by atoms with Crippen LogP contribution < -0.4 is 0 Å². The molecule has 3 nitrogen and oxygen atoms in total. The Morgan fingerprint density at radius 3 is 2.76 bits per heavy atom. The molecule has 1 aromatic carbocycles. The van der Waals surface area contributed by atoms with Crippen molar-refractivity contribution >= 4 is 5.91 Å². The minimum Gasteiger partial charge on any atom is -0.338 e. The molecule has 1 aromatic rings. The van der Waals surface area contributed by atoms with Gasteiger partial charge in [-0.05, 0) is 49.9 Å². The van der Waals surface area contributed by atoms with E-state index >= 15 is 0 Å². The molecule has 0 aromatic heterocycles. The van der Waals surface area contributed by atoms with Gasteiger partial charge in [0.25, 0.3) is 0 Å². The Labute approximate surface area is 125 Å². The molecule has 0 unspecified atom stereocenters. The number of halogens is 1. The molecule has 21 heavy (non-hydrogen) atoms. The fraction of sp³-hybridized carbons (Fsp3) is 0.588. The summed E-state index contributed by atoms with van der Waals surface area (Å²) in [7, 11) is 0. The van der Waals surface area contributed by atoms with Crippen molar-refractivity contribution in [3.63, 3.8) is 0 Å². The lowest BCUT2D eigenvalue weighted by molar-refractivity contribution is -0.130. The molecule has 2 fully saturated rings. The van der Waals surface area contributed by atoms with E-state index in [0.717, 1.165) is 44.5 Å². The summed E-state index contributed by atoms with van der Waals surface area (Å²) in [6.07, 6.45) is 4.52. The van der Waals surface area contributed by atoms with Crippen molar-refractivity contribution in [1.82, 2.24) is 9.80 Å². The van der Waals surface area contributed by atoms with Crippen molar-refractivity contribution in [3.05, 3.63) is 35.6 Å². The second-order valence-corrected chi connectivity index (χ2v) is 6.23. The number of hydrogen-bond donors (Lipinski definition) is 0. The maximum atomic E-state index is 13.3. The molecule has 0 N–H and O–H groups in total. The highest BCUT2D eigenvalue weighted by Gasteiger charge is 2.38. The first-order valence-electron chi connectivity index (χ1n) is 7.91. The molecule has 0 saturated carbocycles. The highest BCUT2D eigenvalue weighted by molar-refractivity contribution is 5.74. The summed E-state index contributed by atoms with van der Waals surface area (Å²) in [5.41, 5.74) is 1.02. The normalized spacial score (nSPS) is 26.5. The van der Waals surface area contributed by atoms with Crippen LogP contribution >= 0.6 is 0 Å². The van der Waals surface area contributed by atoms with E-state index in [1.165, 1.54) is 12.5 Å². The first-order valence-corrected chi connectivity index (χ1v) is 7.91. The summed E-state index contributed by atoms with van der Waals surface area (Å²) in [4.78, 5) is 16.2. The van der Waals surface area contributed by atoms with E-state index < -0.39 is 0 Å². The predicted molar refractivity (Wildman–Crippen MR) is 80.2 cm³/mol. The van der Waals surface area contributed by atoms with Gasteiger partial charge in [-0.3, -0.25) is 9.69 Å². The zero-order valence-corrected chi connectivity index (χ0v) is 12.6. The third kappa shape index (κ3) is 3.10. The van der Waals surface area contributed by atoms with Crippen LogP contribution in [-0.4, -0.2) is 40.9 Å².